The number of carbonyl (C=O) groups is 3. The molecule has 4 aliphatic heterocycles. The lowest BCUT2D eigenvalue weighted by Gasteiger charge is -2.39. The standard InChI is InChI=1S/C29H37N5O3S/c35-25(10-4-3-9-24-26-22(19-38-24)30-28(37)31-26)34-18-13-29(20-34)11-16-33(17-12-29)27(36)21-7-1-2-8-23(21)32-14-5-6-15-32/h1-2,5-8,14-15,22,24,26H,3-4,9-13,16-20H2,(H2,30,31,37). The van der Waals surface area contributed by atoms with E-state index in [1.165, 1.54) is 0 Å². The summed E-state index contributed by atoms with van der Waals surface area (Å²) in [4.78, 5) is 42.1. The van der Waals surface area contributed by atoms with Crippen LogP contribution in [0.15, 0.2) is 48.8 Å². The number of hydrogen-bond donors (Lipinski definition) is 2. The maximum absolute atomic E-state index is 13.4. The van der Waals surface area contributed by atoms with E-state index in [9.17, 15) is 14.4 Å². The van der Waals surface area contributed by atoms with Crippen molar-refractivity contribution < 1.29 is 14.4 Å². The number of para-hydroxylation sites is 1. The van der Waals surface area contributed by atoms with Gasteiger partial charge in [-0.1, -0.05) is 18.6 Å². The van der Waals surface area contributed by atoms with Crippen LogP contribution in [-0.2, 0) is 4.79 Å². The van der Waals surface area contributed by atoms with Gasteiger partial charge in [-0.2, -0.15) is 11.8 Å². The highest BCUT2D eigenvalue weighted by molar-refractivity contribution is 8.00. The van der Waals surface area contributed by atoms with Gasteiger partial charge in [-0.25, -0.2) is 4.79 Å². The number of amides is 4. The van der Waals surface area contributed by atoms with E-state index in [1.807, 2.05) is 70.0 Å². The molecular weight excluding hydrogens is 498 g/mol. The average Bonchev–Trinajstić information content (AvgIpc) is 3.73. The van der Waals surface area contributed by atoms with Gasteiger partial charge in [0.15, 0.2) is 0 Å². The summed E-state index contributed by atoms with van der Waals surface area (Å²) in [7, 11) is 0. The van der Waals surface area contributed by atoms with Crippen LogP contribution in [0.3, 0.4) is 0 Å². The maximum atomic E-state index is 13.4. The minimum Gasteiger partial charge on any atom is -0.342 e. The predicted molar refractivity (Wildman–Crippen MR) is 148 cm³/mol. The van der Waals surface area contributed by atoms with Crippen LogP contribution in [0.5, 0.6) is 0 Å². The maximum Gasteiger partial charge on any atom is 0.315 e. The molecular formula is C29H37N5O3S. The van der Waals surface area contributed by atoms with Crippen molar-refractivity contribution in [1.82, 2.24) is 25.0 Å². The molecule has 3 atom stereocenters. The zero-order chi connectivity index (χ0) is 26.1. The van der Waals surface area contributed by atoms with E-state index in [1.54, 1.807) is 0 Å². The Bertz CT molecular complexity index is 1180. The smallest absolute Gasteiger partial charge is 0.315 e. The molecule has 4 aliphatic rings. The summed E-state index contributed by atoms with van der Waals surface area (Å²) < 4.78 is 1.99. The molecule has 5 heterocycles. The van der Waals surface area contributed by atoms with Crippen molar-refractivity contribution in [3.63, 3.8) is 0 Å². The molecule has 4 fully saturated rings. The molecule has 202 valence electrons. The molecule has 3 unspecified atom stereocenters. The van der Waals surface area contributed by atoms with E-state index >= 15 is 0 Å². The number of nitrogens with one attached hydrogen (secondary N) is 2. The summed E-state index contributed by atoms with van der Waals surface area (Å²) in [5, 5.41) is 6.49. The van der Waals surface area contributed by atoms with Crippen molar-refractivity contribution in [2.45, 2.75) is 62.3 Å². The molecule has 0 radical (unpaired) electrons. The second-order valence-electron chi connectivity index (χ2n) is 11.3. The molecule has 9 heteroatoms. The quantitative estimate of drug-likeness (QED) is 0.419. The highest BCUT2D eigenvalue weighted by atomic mass is 32.2. The average molecular weight is 536 g/mol. The van der Waals surface area contributed by atoms with Crippen LogP contribution in [0.2, 0.25) is 0 Å². The first-order valence-electron chi connectivity index (χ1n) is 14.0. The lowest BCUT2D eigenvalue weighted by atomic mass is 9.77. The van der Waals surface area contributed by atoms with Gasteiger partial charge in [-0.15, -0.1) is 0 Å². The van der Waals surface area contributed by atoms with E-state index in [0.29, 0.717) is 11.7 Å². The van der Waals surface area contributed by atoms with Gasteiger partial charge in [0, 0.05) is 56.0 Å². The van der Waals surface area contributed by atoms with Gasteiger partial charge < -0.3 is 25.0 Å². The number of unbranched alkanes of at least 4 members (excludes halogenated alkanes) is 1. The van der Waals surface area contributed by atoms with E-state index in [4.69, 9.17) is 0 Å². The number of fused-ring (bicyclic) bond motifs is 1. The van der Waals surface area contributed by atoms with Crippen molar-refractivity contribution in [2.24, 2.45) is 5.41 Å². The number of aromatic nitrogens is 1. The number of benzene rings is 1. The molecule has 0 bridgehead atoms. The number of piperidine rings is 1. The molecule has 1 aromatic carbocycles. The van der Waals surface area contributed by atoms with E-state index in [-0.39, 0.29) is 35.3 Å². The third-order valence-corrected chi connectivity index (χ3v) is 10.5. The molecule has 8 nitrogen and oxygen atoms in total. The Labute approximate surface area is 228 Å². The fourth-order valence-electron chi connectivity index (χ4n) is 6.71. The van der Waals surface area contributed by atoms with Crippen LogP contribution in [0.1, 0.15) is 55.3 Å². The molecule has 1 spiro atoms. The lowest BCUT2D eigenvalue weighted by molar-refractivity contribution is -0.130. The van der Waals surface area contributed by atoms with Crippen LogP contribution in [0.25, 0.3) is 5.69 Å². The normalized spacial score (nSPS) is 25.9. The molecule has 38 heavy (non-hydrogen) atoms. The Morgan fingerprint density at radius 1 is 0.947 bits per heavy atom. The number of carbonyl (C=O) groups excluding carboxylic acids is 3. The Morgan fingerprint density at radius 3 is 2.47 bits per heavy atom. The SMILES string of the molecule is O=C1NC2CSC(CCCCC(=O)N3CCC4(CCN(C(=O)c5ccccc5-n5cccc5)CC4)C3)C2N1. The summed E-state index contributed by atoms with van der Waals surface area (Å²) in [5.41, 5.74) is 1.80. The fourth-order valence-corrected chi connectivity index (χ4v) is 8.25. The zero-order valence-corrected chi connectivity index (χ0v) is 22.6. The highest BCUT2D eigenvalue weighted by Gasteiger charge is 2.44. The number of urea groups is 1. The van der Waals surface area contributed by atoms with Crippen molar-refractivity contribution in [1.29, 1.82) is 0 Å². The number of nitrogens with zero attached hydrogens (tertiary/aromatic N) is 3. The third-order valence-electron chi connectivity index (χ3n) is 8.99. The Balaban J connectivity index is 0.959. The monoisotopic (exact) mass is 535 g/mol. The van der Waals surface area contributed by atoms with Gasteiger partial charge in [0.05, 0.1) is 23.3 Å². The topological polar surface area (TPSA) is 86.7 Å². The predicted octanol–water partition coefficient (Wildman–Crippen LogP) is 3.66. The van der Waals surface area contributed by atoms with Crippen molar-refractivity contribution in [2.75, 3.05) is 31.9 Å². The molecule has 4 amide bonds. The van der Waals surface area contributed by atoms with Crippen LogP contribution in [0.4, 0.5) is 4.79 Å². The molecule has 4 saturated heterocycles. The number of likely N-dealkylation sites (tertiary alicyclic amines) is 2. The summed E-state index contributed by atoms with van der Waals surface area (Å²) in [6.45, 7) is 3.15. The minimum absolute atomic E-state index is 0.0413. The van der Waals surface area contributed by atoms with Crippen LogP contribution in [0, 0.1) is 5.41 Å². The zero-order valence-electron chi connectivity index (χ0n) is 21.8. The van der Waals surface area contributed by atoms with Gasteiger partial charge in [0.25, 0.3) is 5.91 Å². The summed E-state index contributed by atoms with van der Waals surface area (Å²) in [6, 6.07) is 12.2. The molecule has 2 aromatic rings. The van der Waals surface area contributed by atoms with Gasteiger partial charge in [0.1, 0.15) is 0 Å². The van der Waals surface area contributed by atoms with Crippen LogP contribution < -0.4 is 10.6 Å². The van der Waals surface area contributed by atoms with E-state index < -0.39 is 0 Å². The first-order chi connectivity index (χ1) is 18.5. The number of hydrogen-bond acceptors (Lipinski definition) is 4. The molecule has 0 aliphatic carbocycles. The van der Waals surface area contributed by atoms with Crippen molar-refractivity contribution in [3.8, 4) is 5.69 Å². The number of rotatable bonds is 7. The molecule has 1 aromatic heterocycles. The van der Waals surface area contributed by atoms with Gasteiger partial charge >= 0.3 is 6.03 Å². The first-order valence-corrected chi connectivity index (χ1v) is 15.0. The van der Waals surface area contributed by atoms with Gasteiger partial charge in [0.2, 0.25) is 5.91 Å². The Morgan fingerprint density at radius 2 is 1.68 bits per heavy atom. The second kappa shape index (κ2) is 10.7. The third kappa shape index (κ3) is 5.05. The summed E-state index contributed by atoms with van der Waals surface area (Å²) in [5.74, 6) is 1.34. The number of thioether (sulfide) groups is 1. The molecule has 2 N–H and O–H groups in total. The van der Waals surface area contributed by atoms with E-state index in [0.717, 1.165) is 81.7 Å². The summed E-state index contributed by atoms with van der Waals surface area (Å²) >= 11 is 1.93. The fraction of sp³-hybridized carbons (Fsp3) is 0.552. The van der Waals surface area contributed by atoms with E-state index in [2.05, 4.69) is 15.5 Å². The first kappa shape index (κ1) is 25.3. The Kier molecular flexibility index (Phi) is 7.12. The molecule has 6 rings (SSSR count). The highest BCUT2D eigenvalue weighted by Crippen LogP contribution is 2.41. The van der Waals surface area contributed by atoms with Crippen LogP contribution in [-0.4, -0.2) is 81.5 Å². The van der Waals surface area contributed by atoms with Crippen molar-refractivity contribution in [3.05, 3.63) is 54.4 Å². The minimum atomic E-state index is -0.0413. The summed E-state index contributed by atoms with van der Waals surface area (Å²) in [6.07, 6.45) is 10.5. The molecule has 0 saturated carbocycles. The second-order valence-corrected chi connectivity index (χ2v) is 12.6. The van der Waals surface area contributed by atoms with Gasteiger partial charge in [-0.05, 0) is 61.8 Å². The Hall–Kier alpha value is -2.94. The van der Waals surface area contributed by atoms with Crippen LogP contribution >= 0.6 is 11.8 Å². The lowest BCUT2D eigenvalue weighted by Crippen LogP contribution is -2.44. The largest absolute Gasteiger partial charge is 0.342 e. The van der Waals surface area contributed by atoms with Gasteiger partial charge in [-0.3, -0.25) is 9.59 Å². The van der Waals surface area contributed by atoms with Crippen molar-refractivity contribution >= 4 is 29.6 Å².